The molecule has 2 amide bonds. The van der Waals surface area contributed by atoms with Crippen LogP contribution in [0.25, 0.3) is 0 Å². The number of aliphatic carboxylic acids is 1. The summed E-state index contributed by atoms with van der Waals surface area (Å²) in [5.74, 6) is 1.93. The number of terminal acetylenes is 1. The predicted molar refractivity (Wildman–Crippen MR) is 71.3 cm³/mol. The van der Waals surface area contributed by atoms with Crippen LogP contribution in [0.2, 0.25) is 0 Å². The van der Waals surface area contributed by atoms with Crippen molar-refractivity contribution in [2.75, 3.05) is 12.3 Å². The maximum Gasteiger partial charge on any atom is 0.327 e. The van der Waals surface area contributed by atoms with Crippen LogP contribution in [-0.2, 0) is 4.79 Å². The molecule has 1 fully saturated rings. The van der Waals surface area contributed by atoms with Crippen LogP contribution in [0.1, 0.15) is 26.2 Å². The van der Waals surface area contributed by atoms with Crippen LogP contribution in [0.3, 0.4) is 0 Å². The molecule has 100 valence electrons. The van der Waals surface area contributed by atoms with Gasteiger partial charge >= 0.3 is 12.0 Å². The zero-order valence-corrected chi connectivity index (χ0v) is 11.2. The van der Waals surface area contributed by atoms with Gasteiger partial charge in [-0.25, -0.2) is 9.59 Å². The lowest BCUT2D eigenvalue weighted by Gasteiger charge is -2.27. The van der Waals surface area contributed by atoms with Crippen LogP contribution >= 0.6 is 11.8 Å². The number of carboxylic acids is 1. The van der Waals surface area contributed by atoms with E-state index in [0.717, 1.165) is 12.8 Å². The van der Waals surface area contributed by atoms with Crippen LogP contribution in [-0.4, -0.2) is 45.7 Å². The maximum atomic E-state index is 12.0. The Morgan fingerprint density at radius 1 is 1.61 bits per heavy atom. The van der Waals surface area contributed by atoms with Crippen LogP contribution < -0.4 is 5.32 Å². The molecule has 1 saturated heterocycles. The number of hydrogen-bond donors (Lipinski definition) is 2. The van der Waals surface area contributed by atoms with Crippen molar-refractivity contribution in [1.82, 2.24) is 10.2 Å². The number of urea groups is 1. The molecule has 2 atom stereocenters. The van der Waals surface area contributed by atoms with Gasteiger partial charge in [0, 0.05) is 18.7 Å². The highest BCUT2D eigenvalue weighted by atomic mass is 32.2. The number of carbonyl (C=O) groups is 2. The van der Waals surface area contributed by atoms with Crippen LogP contribution in [0.15, 0.2) is 0 Å². The summed E-state index contributed by atoms with van der Waals surface area (Å²) in [7, 11) is 0. The molecule has 18 heavy (non-hydrogen) atoms. The third kappa shape index (κ3) is 3.57. The number of rotatable bonds is 5. The third-order valence-electron chi connectivity index (χ3n) is 2.69. The summed E-state index contributed by atoms with van der Waals surface area (Å²) in [6, 6.07) is -1.07. The van der Waals surface area contributed by atoms with Crippen molar-refractivity contribution in [1.29, 1.82) is 0 Å². The molecule has 0 aliphatic carbocycles. The summed E-state index contributed by atoms with van der Waals surface area (Å²) in [5.41, 5.74) is 0. The number of thioether (sulfide) groups is 1. The maximum absolute atomic E-state index is 12.0. The Bertz CT molecular complexity index is 354. The number of hydrogen-bond acceptors (Lipinski definition) is 3. The second-order valence-electron chi connectivity index (χ2n) is 4.02. The van der Waals surface area contributed by atoms with Gasteiger partial charge in [0.2, 0.25) is 0 Å². The minimum atomic E-state index is -0.951. The molecule has 5 nitrogen and oxygen atoms in total. The minimum absolute atomic E-state index is 0.0538. The molecule has 0 saturated carbocycles. The zero-order chi connectivity index (χ0) is 13.5. The molecular formula is C12H18N2O3S. The Morgan fingerprint density at radius 3 is 2.89 bits per heavy atom. The first-order chi connectivity index (χ1) is 8.61. The average Bonchev–Trinajstić information content (AvgIpc) is 2.73. The molecule has 0 aromatic carbocycles. The third-order valence-corrected chi connectivity index (χ3v) is 4.05. The summed E-state index contributed by atoms with van der Waals surface area (Å²) in [6.07, 6.45) is 7.27. The van der Waals surface area contributed by atoms with Crippen molar-refractivity contribution in [2.24, 2.45) is 0 Å². The molecule has 6 heteroatoms. The Morgan fingerprint density at radius 2 is 2.33 bits per heavy atom. The van der Waals surface area contributed by atoms with Gasteiger partial charge in [-0.3, -0.25) is 4.90 Å². The largest absolute Gasteiger partial charge is 0.480 e. The zero-order valence-electron chi connectivity index (χ0n) is 10.4. The normalized spacial score (nSPS) is 22.6. The van der Waals surface area contributed by atoms with E-state index in [0.29, 0.717) is 18.7 Å². The molecule has 0 radical (unpaired) electrons. The number of amides is 2. The fourth-order valence-electron chi connectivity index (χ4n) is 1.83. The van der Waals surface area contributed by atoms with Gasteiger partial charge in [0.25, 0.3) is 0 Å². The SMILES string of the molecule is C#CCCNC(=O)N1C(CCC)SCC1C(=O)O. The Labute approximate surface area is 111 Å². The Balaban J connectivity index is 2.67. The van der Waals surface area contributed by atoms with Gasteiger partial charge in [0.05, 0.1) is 5.37 Å². The van der Waals surface area contributed by atoms with E-state index in [1.165, 1.54) is 16.7 Å². The van der Waals surface area contributed by atoms with Crippen molar-refractivity contribution in [3.05, 3.63) is 0 Å². The molecule has 1 rings (SSSR count). The van der Waals surface area contributed by atoms with Gasteiger partial charge < -0.3 is 10.4 Å². The van der Waals surface area contributed by atoms with Gasteiger partial charge in [-0.15, -0.1) is 24.1 Å². The number of nitrogens with zero attached hydrogens (tertiary/aromatic N) is 1. The number of nitrogens with one attached hydrogen (secondary N) is 1. The molecule has 0 aromatic rings. The quantitative estimate of drug-likeness (QED) is 0.584. The van der Waals surface area contributed by atoms with E-state index in [1.54, 1.807) is 0 Å². The first-order valence-electron chi connectivity index (χ1n) is 5.95. The smallest absolute Gasteiger partial charge is 0.327 e. The van der Waals surface area contributed by atoms with Crippen LogP contribution in [0, 0.1) is 12.3 Å². The van der Waals surface area contributed by atoms with E-state index in [1.807, 2.05) is 6.92 Å². The van der Waals surface area contributed by atoms with E-state index < -0.39 is 12.0 Å². The van der Waals surface area contributed by atoms with E-state index in [4.69, 9.17) is 11.5 Å². The molecule has 1 aliphatic heterocycles. The topological polar surface area (TPSA) is 69.6 Å². The monoisotopic (exact) mass is 270 g/mol. The summed E-state index contributed by atoms with van der Waals surface area (Å²) in [5, 5.41) is 11.7. The highest BCUT2D eigenvalue weighted by molar-refractivity contribution is 8.00. The average molecular weight is 270 g/mol. The standard InChI is InChI=1S/C12H18N2O3S/c1-3-5-7-13-12(17)14-9(11(15)16)8-18-10(14)6-4-2/h1,9-10H,4-8H2,2H3,(H,13,17)(H,15,16). The lowest BCUT2D eigenvalue weighted by atomic mass is 10.2. The molecule has 2 unspecified atom stereocenters. The molecule has 1 aliphatic rings. The van der Waals surface area contributed by atoms with Gasteiger partial charge in [0.1, 0.15) is 6.04 Å². The number of carbonyl (C=O) groups excluding carboxylic acids is 1. The van der Waals surface area contributed by atoms with Gasteiger partial charge in [0.15, 0.2) is 0 Å². The fraction of sp³-hybridized carbons (Fsp3) is 0.667. The summed E-state index contributed by atoms with van der Waals surface area (Å²) in [4.78, 5) is 24.6. The first-order valence-corrected chi connectivity index (χ1v) is 7.00. The highest BCUT2D eigenvalue weighted by Gasteiger charge is 2.40. The molecule has 0 bridgehead atoms. The van der Waals surface area contributed by atoms with Crippen molar-refractivity contribution in [2.45, 2.75) is 37.6 Å². The van der Waals surface area contributed by atoms with E-state index in [9.17, 15) is 9.59 Å². The summed E-state index contributed by atoms with van der Waals surface area (Å²) in [6.45, 7) is 2.39. The van der Waals surface area contributed by atoms with Gasteiger partial charge in [-0.1, -0.05) is 13.3 Å². The first kappa shape index (κ1) is 14.7. The Hall–Kier alpha value is -1.35. The molecular weight excluding hydrogens is 252 g/mol. The van der Waals surface area contributed by atoms with Crippen LogP contribution in [0.4, 0.5) is 4.79 Å². The van der Waals surface area contributed by atoms with Crippen LogP contribution in [0.5, 0.6) is 0 Å². The summed E-state index contributed by atoms with van der Waals surface area (Å²) >= 11 is 1.52. The van der Waals surface area contributed by atoms with E-state index in [2.05, 4.69) is 11.2 Å². The van der Waals surface area contributed by atoms with Gasteiger partial charge in [-0.2, -0.15) is 0 Å². The molecule has 0 aromatic heterocycles. The van der Waals surface area contributed by atoms with Crippen molar-refractivity contribution in [3.63, 3.8) is 0 Å². The predicted octanol–water partition coefficient (Wildman–Crippen LogP) is 1.35. The lowest BCUT2D eigenvalue weighted by Crippen LogP contribution is -2.50. The molecule has 0 spiro atoms. The van der Waals surface area contributed by atoms with E-state index in [-0.39, 0.29) is 11.4 Å². The van der Waals surface area contributed by atoms with Gasteiger partial charge in [-0.05, 0) is 6.42 Å². The van der Waals surface area contributed by atoms with Crippen molar-refractivity contribution in [3.8, 4) is 12.3 Å². The van der Waals surface area contributed by atoms with E-state index >= 15 is 0 Å². The van der Waals surface area contributed by atoms with Crippen molar-refractivity contribution < 1.29 is 14.7 Å². The minimum Gasteiger partial charge on any atom is -0.480 e. The number of carboxylic acid groups (broad SMARTS) is 1. The lowest BCUT2D eigenvalue weighted by molar-refractivity contribution is -0.141. The highest BCUT2D eigenvalue weighted by Crippen LogP contribution is 2.32. The summed E-state index contributed by atoms with van der Waals surface area (Å²) < 4.78 is 0. The fourth-order valence-corrected chi connectivity index (χ4v) is 3.34. The molecule has 2 N–H and O–H groups in total. The second-order valence-corrected chi connectivity index (χ2v) is 5.23. The Kier molecular flexibility index (Phi) is 5.86. The molecule has 1 heterocycles. The van der Waals surface area contributed by atoms with Crippen molar-refractivity contribution >= 4 is 23.8 Å². The second kappa shape index (κ2) is 7.17.